The van der Waals surface area contributed by atoms with Crippen LogP contribution in [-0.4, -0.2) is 13.1 Å². The summed E-state index contributed by atoms with van der Waals surface area (Å²) in [6.45, 7) is 2.21. The molecule has 0 aromatic heterocycles. The zero-order chi connectivity index (χ0) is 9.52. The second kappa shape index (κ2) is 5.40. The zero-order valence-corrected chi connectivity index (χ0v) is 7.36. The molecule has 0 atom stereocenters. The van der Waals surface area contributed by atoms with Crippen LogP contribution in [0.1, 0.15) is 5.56 Å². The van der Waals surface area contributed by atoms with Gasteiger partial charge >= 0.3 is 0 Å². The van der Waals surface area contributed by atoms with Crippen molar-refractivity contribution in [2.75, 3.05) is 13.1 Å². The lowest BCUT2D eigenvalue weighted by atomic mass is 10.2. The number of nitrogens with one attached hydrogen (secondary N) is 1. The number of nitrogens with zero attached hydrogens (tertiary/aromatic N) is 1. The van der Waals surface area contributed by atoms with Crippen molar-refractivity contribution in [1.82, 2.24) is 5.32 Å². The molecule has 4 heteroatoms. The van der Waals surface area contributed by atoms with Crippen molar-refractivity contribution < 1.29 is 0 Å². The number of rotatable bonds is 5. The summed E-state index contributed by atoms with van der Waals surface area (Å²) in [5.41, 5.74) is 6.91. The third kappa shape index (κ3) is 3.31. The molecule has 0 fully saturated rings. The van der Waals surface area contributed by atoms with Gasteiger partial charge in [0.2, 0.25) is 0 Å². The van der Waals surface area contributed by atoms with Gasteiger partial charge in [-0.25, -0.2) is 0 Å². The Kier molecular flexibility index (Phi) is 4.08. The molecule has 1 aromatic rings. The fraction of sp³-hybridized carbons (Fsp3) is 0.333. The summed E-state index contributed by atoms with van der Waals surface area (Å²) in [7, 11) is 0. The highest BCUT2D eigenvalue weighted by molar-refractivity contribution is 5.38. The molecular formula is C9H13N3O. The van der Waals surface area contributed by atoms with Crippen molar-refractivity contribution in [2.24, 2.45) is 10.9 Å². The van der Waals surface area contributed by atoms with E-state index in [9.17, 15) is 4.91 Å². The molecule has 13 heavy (non-hydrogen) atoms. The van der Waals surface area contributed by atoms with Crippen LogP contribution in [0, 0.1) is 4.91 Å². The number of nitroso groups, excluding NO2 is 1. The average molecular weight is 179 g/mol. The third-order valence-electron chi connectivity index (χ3n) is 1.69. The summed E-state index contributed by atoms with van der Waals surface area (Å²) in [6.07, 6.45) is 0. The smallest absolute Gasteiger partial charge is 0.108 e. The quantitative estimate of drug-likeness (QED) is 0.526. The van der Waals surface area contributed by atoms with Gasteiger partial charge in [-0.05, 0) is 22.9 Å². The first kappa shape index (κ1) is 9.83. The number of benzene rings is 1. The minimum Gasteiger partial charge on any atom is -0.329 e. The highest BCUT2D eigenvalue weighted by Crippen LogP contribution is 2.11. The number of hydrogen-bond acceptors (Lipinski definition) is 4. The minimum absolute atomic E-state index is 0.461. The lowest BCUT2D eigenvalue weighted by Gasteiger charge is -2.02. The van der Waals surface area contributed by atoms with Crippen LogP contribution in [0.2, 0.25) is 0 Å². The molecule has 0 saturated carbocycles. The van der Waals surface area contributed by atoms with Crippen LogP contribution in [-0.2, 0) is 6.54 Å². The monoisotopic (exact) mass is 179 g/mol. The highest BCUT2D eigenvalue weighted by Gasteiger charge is 1.93. The number of hydrogen-bond donors (Lipinski definition) is 2. The molecule has 1 rings (SSSR count). The molecule has 0 radical (unpaired) electrons. The lowest BCUT2D eigenvalue weighted by molar-refractivity contribution is 0.695. The molecule has 70 valence electrons. The van der Waals surface area contributed by atoms with Crippen molar-refractivity contribution >= 4 is 5.69 Å². The first-order chi connectivity index (χ1) is 6.36. The van der Waals surface area contributed by atoms with Crippen LogP contribution in [0.5, 0.6) is 0 Å². The molecule has 0 bridgehead atoms. The van der Waals surface area contributed by atoms with Crippen molar-refractivity contribution in [3.63, 3.8) is 0 Å². The van der Waals surface area contributed by atoms with Crippen molar-refractivity contribution in [3.8, 4) is 0 Å². The van der Waals surface area contributed by atoms with Crippen molar-refractivity contribution in [2.45, 2.75) is 6.54 Å². The second-order valence-electron chi connectivity index (χ2n) is 2.72. The van der Waals surface area contributed by atoms with Crippen molar-refractivity contribution in [3.05, 3.63) is 34.7 Å². The topological polar surface area (TPSA) is 67.5 Å². The molecule has 0 aliphatic rings. The summed E-state index contributed by atoms with van der Waals surface area (Å²) in [4.78, 5) is 10.1. The maximum absolute atomic E-state index is 10.1. The Morgan fingerprint density at radius 3 is 2.54 bits per heavy atom. The Labute approximate surface area is 77.1 Å². The van der Waals surface area contributed by atoms with Gasteiger partial charge in [0.1, 0.15) is 5.69 Å². The summed E-state index contributed by atoms with van der Waals surface area (Å²) >= 11 is 0. The molecule has 0 aliphatic heterocycles. The molecule has 0 aliphatic carbocycles. The van der Waals surface area contributed by atoms with E-state index in [1.807, 2.05) is 12.1 Å². The van der Waals surface area contributed by atoms with E-state index in [-0.39, 0.29) is 0 Å². The van der Waals surface area contributed by atoms with E-state index in [1.165, 1.54) is 0 Å². The molecular weight excluding hydrogens is 166 g/mol. The van der Waals surface area contributed by atoms with E-state index in [0.29, 0.717) is 12.2 Å². The fourth-order valence-electron chi connectivity index (χ4n) is 1.01. The summed E-state index contributed by atoms with van der Waals surface area (Å²) < 4.78 is 0. The molecule has 3 N–H and O–H groups in total. The van der Waals surface area contributed by atoms with Gasteiger partial charge in [-0.3, -0.25) is 0 Å². The van der Waals surface area contributed by atoms with E-state index < -0.39 is 0 Å². The van der Waals surface area contributed by atoms with Crippen LogP contribution in [0.4, 0.5) is 5.69 Å². The lowest BCUT2D eigenvalue weighted by Crippen LogP contribution is -2.21. The molecule has 4 nitrogen and oxygen atoms in total. The van der Waals surface area contributed by atoms with E-state index >= 15 is 0 Å². The zero-order valence-electron chi connectivity index (χ0n) is 7.36. The maximum atomic E-state index is 10.1. The van der Waals surface area contributed by atoms with Gasteiger partial charge in [-0.1, -0.05) is 12.1 Å². The van der Waals surface area contributed by atoms with Gasteiger partial charge in [0, 0.05) is 19.6 Å². The normalized spacial score (nSPS) is 9.92. The van der Waals surface area contributed by atoms with Crippen LogP contribution >= 0.6 is 0 Å². The number of nitrogens with two attached hydrogens (primary N) is 1. The van der Waals surface area contributed by atoms with Crippen LogP contribution in [0.3, 0.4) is 0 Å². The second-order valence-corrected chi connectivity index (χ2v) is 2.72. The predicted octanol–water partition coefficient (Wildman–Crippen LogP) is 1.13. The minimum atomic E-state index is 0.461. The van der Waals surface area contributed by atoms with Gasteiger partial charge in [0.15, 0.2) is 0 Å². The van der Waals surface area contributed by atoms with E-state index in [0.717, 1.165) is 18.7 Å². The van der Waals surface area contributed by atoms with Gasteiger partial charge in [-0.2, -0.15) is 0 Å². The molecule has 0 unspecified atom stereocenters. The Balaban J connectivity index is 2.44. The summed E-state index contributed by atoms with van der Waals surface area (Å²) in [5.74, 6) is 0. The van der Waals surface area contributed by atoms with Gasteiger partial charge in [0.25, 0.3) is 0 Å². The van der Waals surface area contributed by atoms with Gasteiger partial charge in [-0.15, -0.1) is 4.91 Å². The van der Waals surface area contributed by atoms with Crippen LogP contribution < -0.4 is 11.1 Å². The standard InChI is InChI=1S/C9H13N3O/c10-5-6-11-7-8-1-3-9(12-13)4-2-8/h1-4,11H,5-7,10H2. The molecule has 0 saturated heterocycles. The van der Waals surface area contributed by atoms with Crippen molar-refractivity contribution in [1.29, 1.82) is 0 Å². The maximum Gasteiger partial charge on any atom is 0.108 e. The first-order valence-corrected chi connectivity index (χ1v) is 4.20. The fourth-order valence-corrected chi connectivity index (χ4v) is 1.01. The third-order valence-corrected chi connectivity index (χ3v) is 1.69. The Morgan fingerprint density at radius 2 is 2.00 bits per heavy atom. The van der Waals surface area contributed by atoms with E-state index in [4.69, 9.17) is 5.73 Å². The van der Waals surface area contributed by atoms with E-state index in [1.54, 1.807) is 12.1 Å². The van der Waals surface area contributed by atoms with Crippen LogP contribution in [0.25, 0.3) is 0 Å². The van der Waals surface area contributed by atoms with E-state index in [2.05, 4.69) is 10.5 Å². The first-order valence-electron chi connectivity index (χ1n) is 4.20. The largest absolute Gasteiger partial charge is 0.329 e. The molecule has 0 spiro atoms. The highest BCUT2D eigenvalue weighted by atomic mass is 16.3. The Bertz CT molecular complexity index is 258. The molecule has 1 aromatic carbocycles. The SMILES string of the molecule is NCCNCc1ccc(N=O)cc1. The average Bonchev–Trinajstić information content (AvgIpc) is 2.19. The van der Waals surface area contributed by atoms with Gasteiger partial charge < -0.3 is 11.1 Å². The molecule has 0 heterocycles. The summed E-state index contributed by atoms with van der Waals surface area (Å²) in [5, 5.41) is 5.97. The predicted molar refractivity (Wildman–Crippen MR) is 52.7 cm³/mol. The summed E-state index contributed by atoms with van der Waals surface area (Å²) in [6, 6.07) is 7.15. The Morgan fingerprint density at radius 1 is 1.31 bits per heavy atom. The van der Waals surface area contributed by atoms with Gasteiger partial charge in [0.05, 0.1) is 0 Å². The molecule has 0 amide bonds. The Hall–Kier alpha value is -1.26. The van der Waals surface area contributed by atoms with Crippen LogP contribution in [0.15, 0.2) is 29.4 Å².